The van der Waals surface area contributed by atoms with Gasteiger partial charge < -0.3 is 25.2 Å². The number of carbonyl (C=O) groups is 2. The van der Waals surface area contributed by atoms with Crippen LogP contribution in [0.3, 0.4) is 0 Å². The van der Waals surface area contributed by atoms with Gasteiger partial charge in [0.25, 0.3) is 0 Å². The molecule has 0 aromatic carbocycles. The van der Waals surface area contributed by atoms with Gasteiger partial charge in [0.05, 0.1) is 12.7 Å². The normalized spacial score (nSPS) is 24.5. The molecule has 2 unspecified atom stereocenters. The van der Waals surface area contributed by atoms with E-state index in [1.807, 2.05) is 0 Å². The van der Waals surface area contributed by atoms with E-state index in [1.165, 1.54) is 7.11 Å². The third-order valence-corrected chi connectivity index (χ3v) is 2.41. The zero-order valence-corrected chi connectivity index (χ0v) is 9.05. The van der Waals surface area contributed by atoms with E-state index in [2.05, 4.69) is 5.32 Å². The van der Waals surface area contributed by atoms with E-state index in [4.69, 9.17) is 9.84 Å². The predicted molar refractivity (Wildman–Crippen MR) is 54.0 cm³/mol. The Bertz CT molecular complexity index is 271. The summed E-state index contributed by atoms with van der Waals surface area (Å²) >= 11 is 0. The Morgan fingerprint density at radius 1 is 1.56 bits per heavy atom. The van der Waals surface area contributed by atoms with Crippen molar-refractivity contribution in [3.8, 4) is 0 Å². The maximum absolute atomic E-state index is 11.6. The summed E-state index contributed by atoms with van der Waals surface area (Å²) in [6, 6.07) is -1.43. The highest BCUT2D eigenvalue weighted by Gasteiger charge is 2.38. The van der Waals surface area contributed by atoms with Crippen LogP contribution in [-0.4, -0.2) is 66.1 Å². The van der Waals surface area contributed by atoms with Crippen molar-refractivity contribution in [3.05, 3.63) is 0 Å². The van der Waals surface area contributed by atoms with Crippen LogP contribution in [0.4, 0.5) is 4.79 Å². The topological polar surface area (TPSA) is 99.1 Å². The lowest BCUT2D eigenvalue weighted by Crippen LogP contribution is -2.46. The second-order valence-electron chi connectivity index (χ2n) is 3.62. The summed E-state index contributed by atoms with van der Waals surface area (Å²) in [5.74, 6) is -1.10. The first kappa shape index (κ1) is 12.7. The lowest BCUT2D eigenvalue weighted by Gasteiger charge is -2.21. The van der Waals surface area contributed by atoms with E-state index in [-0.39, 0.29) is 13.0 Å². The third kappa shape index (κ3) is 3.07. The van der Waals surface area contributed by atoms with Gasteiger partial charge in [-0.15, -0.1) is 0 Å². The number of urea groups is 1. The van der Waals surface area contributed by atoms with Crippen molar-refractivity contribution in [1.29, 1.82) is 0 Å². The number of nitrogens with zero attached hydrogens (tertiary/aromatic N) is 1. The Labute approximate surface area is 93.0 Å². The fraction of sp³-hybridized carbons (Fsp3) is 0.778. The average molecular weight is 232 g/mol. The zero-order valence-electron chi connectivity index (χ0n) is 9.05. The van der Waals surface area contributed by atoms with E-state index >= 15 is 0 Å². The van der Waals surface area contributed by atoms with Crippen LogP contribution in [0.15, 0.2) is 0 Å². The van der Waals surface area contributed by atoms with Gasteiger partial charge in [-0.05, 0) is 0 Å². The van der Waals surface area contributed by atoms with Gasteiger partial charge in [0, 0.05) is 26.6 Å². The second-order valence-corrected chi connectivity index (χ2v) is 3.62. The number of rotatable bonds is 4. The van der Waals surface area contributed by atoms with Crippen LogP contribution in [0.2, 0.25) is 0 Å². The average Bonchev–Trinajstić information content (AvgIpc) is 2.61. The van der Waals surface area contributed by atoms with Crippen molar-refractivity contribution in [2.45, 2.75) is 18.6 Å². The lowest BCUT2D eigenvalue weighted by molar-refractivity contribution is -0.141. The Balaban J connectivity index is 2.50. The summed E-state index contributed by atoms with van der Waals surface area (Å²) in [5, 5.41) is 20.7. The fourth-order valence-corrected chi connectivity index (χ4v) is 1.63. The van der Waals surface area contributed by atoms with Gasteiger partial charge in [0.2, 0.25) is 0 Å². The first-order chi connectivity index (χ1) is 7.56. The number of carboxylic acids is 1. The number of β-amino-alcohol motifs (C(OH)–C–C–N with tert-alkyl or cyclic N) is 1. The number of aliphatic hydroxyl groups is 1. The van der Waals surface area contributed by atoms with Crippen molar-refractivity contribution >= 4 is 12.0 Å². The molecule has 0 aliphatic carbocycles. The Morgan fingerprint density at radius 2 is 2.25 bits per heavy atom. The molecule has 7 heteroatoms. The van der Waals surface area contributed by atoms with Gasteiger partial charge in [-0.2, -0.15) is 0 Å². The Kier molecular flexibility index (Phi) is 4.51. The highest BCUT2D eigenvalue weighted by molar-refractivity contribution is 5.83. The number of nitrogens with one attached hydrogen (secondary N) is 1. The second kappa shape index (κ2) is 5.66. The molecule has 1 aliphatic rings. The molecule has 0 bridgehead atoms. The minimum absolute atomic E-state index is 0.0514. The molecule has 0 spiro atoms. The number of likely N-dealkylation sites (tertiary alicyclic amines) is 1. The van der Waals surface area contributed by atoms with Gasteiger partial charge in [-0.1, -0.05) is 0 Å². The van der Waals surface area contributed by atoms with Gasteiger partial charge in [-0.25, -0.2) is 9.59 Å². The predicted octanol–water partition coefficient (Wildman–Crippen LogP) is -1.14. The van der Waals surface area contributed by atoms with Crippen LogP contribution in [0.25, 0.3) is 0 Å². The molecule has 7 nitrogen and oxygen atoms in total. The number of aliphatic hydroxyl groups excluding tert-OH is 1. The molecule has 1 aliphatic heterocycles. The zero-order chi connectivity index (χ0) is 12.1. The summed E-state index contributed by atoms with van der Waals surface area (Å²) in [5.41, 5.74) is 0. The molecule has 1 heterocycles. The molecule has 2 atom stereocenters. The van der Waals surface area contributed by atoms with E-state index in [0.717, 1.165) is 4.90 Å². The van der Waals surface area contributed by atoms with Gasteiger partial charge in [0.15, 0.2) is 0 Å². The van der Waals surface area contributed by atoms with E-state index in [1.54, 1.807) is 0 Å². The third-order valence-electron chi connectivity index (χ3n) is 2.41. The van der Waals surface area contributed by atoms with Crippen LogP contribution in [0.1, 0.15) is 6.42 Å². The maximum Gasteiger partial charge on any atom is 0.326 e. The number of methoxy groups -OCH3 is 1. The van der Waals surface area contributed by atoms with E-state index < -0.39 is 24.1 Å². The van der Waals surface area contributed by atoms with Crippen molar-refractivity contribution in [2.75, 3.05) is 26.8 Å². The molecule has 1 saturated heterocycles. The summed E-state index contributed by atoms with van der Waals surface area (Å²) < 4.78 is 4.75. The first-order valence-corrected chi connectivity index (χ1v) is 5.00. The smallest absolute Gasteiger partial charge is 0.326 e. The fourth-order valence-electron chi connectivity index (χ4n) is 1.63. The van der Waals surface area contributed by atoms with Crippen molar-refractivity contribution < 1.29 is 24.5 Å². The number of amides is 2. The number of hydrogen-bond donors (Lipinski definition) is 3. The molecule has 0 radical (unpaired) electrons. The molecule has 0 aromatic rings. The Hall–Kier alpha value is -1.34. The molecule has 0 saturated carbocycles. The SMILES string of the molecule is COCCNC(=O)N1CC(O)CC1C(=O)O. The number of aliphatic carboxylic acids is 1. The Morgan fingerprint density at radius 3 is 2.81 bits per heavy atom. The van der Waals surface area contributed by atoms with Crippen LogP contribution in [0, 0.1) is 0 Å². The van der Waals surface area contributed by atoms with Crippen molar-refractivity contribution in [1.82, 2.24) is 10.2 Å². The molecular formula is C9H16N2O5. The maximum atomic E-state index is 11.6. The summed E-state index contributed by atoms with van der Waals surface area (Å²) in [6.07, 6.45) is -0.693. The summed E-state index contributed by atoms with van der Waals surface area (Å²) in [7, 11) is 1.51. The highest BCUT2D eigenvalue weighted by Crippen LogP contribution is 2.17. The molecule has 0 aromatic heterocycles. The summed E-state index contributed by atoms with van der Waals surface area (Å²) in [4.78, 5) is 23.5. The minimum atomic E-state index is -1.10. The number of carbonyl (C=O) groups excluding carboxylic acids is 1. The molecule has 1 fully saturated rings. The monoisotopic (exact) mass is 232 g/mol. The van der Waals surface area contributed by atoms with Gasteiger partial charge in [-0.3, -0.25) is 0 Å². The van der Waals surface area contributed by atoms with Crippen molar-refractivity contribution in [2.24, 2.45) is 0 Å². The van der Waals surface area contributed by atoms with Crippen molar-refractivity contribution in [3.63, 3.8) is 0 Å². The molecule has 3 N–H and O–H groups in total. The van der Waals surface area contributed by atoms with E-state index in [9.17, 15) is 14.7 Å². The molecule has 2 amide bonds. The van der Waals surface area contributed by atoms with Crippen LogP contribution in [-0.2, 0) is 9.53 Å². The minimum Gasteiger partial charge on any atom is -0.480 e. The van der Waals surface area contributed by atoms with Gasteiger partial charge >= 0.3 is 12.0 Å². The highest BCUT2D eigenvalue weighted by atomic mass is 16.5. The number of hydrogen-bond acceptors (Lipinski definition) is 4. The van der Waals surface area contributed by atoms with E-state index in [0.29, 0.717) is 13.2 Å². The summed E-state index contributed by atoms with van der Waals surface area (Å²) in [6.45, 7) is 0.726. The van der Waals surface area contributed by atoms with Crippen LogP contribution >= 0.6 is 0 Å². The first-order valence-electron chi connectivity index (χ1n) is 5.00. The van der Waals surface area contributed by atoms with Crippen LogP contribution < -0.4 is 5.32 Å². The van der Waals surface area contributed by atoms with Gasteiger partial charge in [0.1, 0.15) is 6.04 Å². The number of ether oxygens (including phenoxy) is 1. The number of carboxylic acid groups (broad SMARTS) is 1. The largest absolute Gasteiger partial charge is 0.480 e. The van der Waals surface area contributed by atoms with Crippen LogP contribution in [0.5, 0.6) is 0 Å². The standard InChI is InChI=1S/C9H16N2O5/c1-16-3-2-10-9(15)11-5-6(12)4-7(11)8(13)14/h6-7,12H,2-5H2,1H3,(H,10,15)(H,13,14). The lowest BCUT2D eigenvalue weighted by atomic mass is 10.2. The molecule has 16 heavy (non-hydrogen) atoms. The molecule has 92 valence electrons. The molecular weight excluding hydrogens is 216 g/mol. The quantitative estimate of drug-likeness (QED) is 0.532. The molecule has 1 rings (SSSR count).